The van der Waals surface area contributed by atoms with Gasteiger partial charge in [-0.05, 0) is 64.5 Å². The summed E-state index contributed by atoms with van der Waals surface area (Å²) in [7, 11) is 0. The Morgan fingerprint density at radius 3 is 2.40 bits per heavy atom. The van der Waals surface area contributed by atoms with Gasteiger partial charge in [-0.15, -0.1) is 0 Å². The number of imidazole rings is 1. The van der Waals surface area contributed by atoms with E-state index in [0.717, 1.165) is 25.7 Å². The Morgan fingerprint density at radius 2 is 1.74 bits per heavy atom. The number of aliphatic hydroxyl groups is 1. The summed E-state index contributed by atoms with van der Waals surface area (Å²) in [5.41, 5.74) is 0.145. The van der Waals surface area contributed by atoms with E-state index < -0.39 is 18.2 Å². The molecule has 0 amide bonds. The first kappa shape index (κ1) is 30.5. The van der Waals surface area contributed by atoms with Gasteiger partial charge in [-0.2, -0.15) is 9.97 Å². The second-order valence-electron chi connectivity index (χ2n) is 12.2. The number of para-hydroxylation sites is 2. The van der Waals surface area contributed by atoms with Crippen molar-refractivity contribution in [2.45, 2.75) is 70.7 Å². The highest BCUT2D eigenvalue weighted by Gasteiger charge is 2.30. The van der Waals surface area contributed by atoms with Crippen LogP contribution in [0.1, 0.15) is 58.7 Å². The number of anilines is 2. The fourth-order valence-electron chi connectivity index (χ4n) is 6.11. The van der Waals surface area contributed by atoms with E-state index in [4.69, 9.17) is 14.7 Å². The maximum absolute atomic E-state index is 14.1. The lowest BCUT2D eigenvalue weighted by atomic mass is 9.84. The van der Waals surface area contributed by atoms with Gasteiger partial charge < -0.3 is 20.1 Å². The van der Waals surface area contributed by atoms with Crippen LogP contribution in [0.2, 0.25) is 0 Å². The number of benzene rings is 1. The summed E-state index contributed by atoms with van der Waals surface area (Å²) in [6, 6.07) is 9.02. The second kappa shape index (κ2) is 13.1. The van der Waals surface area contributed by atoms with Crippen molar-refractivity contribution in [1.29, 1.82) is 0 Å². The van der Waals surface area contributed by atoms with E-state index in [2.05, 4.69) is 20.1 Å². The van der Waals surface area contributed by atoms with Gasteiger partial charge in [-0.1, -0.05) is 12.1 Å². The molecule has 12 heteroatoms. The van der Waals surface area contributed by atoms with Crippen LogP contribution in [0, 0.1) is 5.92 Å². The van der Waals surface area contributed by atoms with Crippen LogP contribution in [0.25, 0.3) is 16.9 Å². The Bertz CT molecular complexity index is 1320. The molecule has 42 heavy (non-hydrogen) atoms. The van der Waals surface area contributed by atoms with Crippen molar-refractivity contribution in [3.05, 3.63) is 36.2 Å². The second-order valence-corrected chi connectivity index (χ2v) is 12.2. The van der Waals surface area contributed by atoms with Crippen LogP contribution in [0.5, 0.6) is 0 Å². The fraction of sp³-hybridized carbons (Fsp3) is 0.633. The Morgan fingerprint density at radius 1 is 1.05 bits per heavy atom. The molecule has 2 aliphatic rings. The van der Waals surface area contributed by atoms with Crippen LogP contribution in [0.4, 0.5) is 24.9 Å². The molecule has 0 spiro atoms. The van der Waals surface area contributed by atoms with Gasteiger partial charge in [-0.3, -0.25) is 9.47 Å². The highest BCUT2D eigenvalue weighted by atomic mass is 19.3. The first-order valence-electron chi connectivity index (χ1n) is 14.9. The van der Waals surface area contributed by atoms with Crippen LogP contribution in [0.15, 0.2) is 30.3 Å². The van der Waals surface area contributed by atoms with E-state index in [1.807, 2.05) is 0 Å². The van der Waals surface area contributed by atoms with Gasteiger partial charge in [-0.25, -0.2) is 18.2 Å². The third-order valence-corrected chi connectivity index (χ3v) is 8.00. The number of nitrogens with one attached hydrogen (secondary N) is 1. The minimum atomic E-state index is -2.78. The Hall–Kier alpha value is -2.96. The minimum absolute atomic E-state index is 0.223. The van der Waals surface area contributed by atoms with Gasteiger partial charge in [0.15, 0.2) is 5.82 Å². The van der Waals surface area contributed by atoms with E-state index in [1.165, 1.54) is 4.57 Å². The molecule has 0 bridgehead atoms. The lowest BCUT2D eigenvalue weighted by Crippen LogP contribution is -2.48. The number of rotatable bonds is 11. The topological polar surface area (TPSA) is 91.6 Å². The molecular weight excluding hydrogens is 547 g/mol. The largest absolute Gasteiger partial charge is 0.389 e. The molecule has 2 fully saturated rings. The number of fused-ring (bicyclic) bond motifs is 1. The molecule has 230 valence electrons. The van der Waals surface area contributed by atoms with Crippen LogP contribution < -0.4 is 10.2 Å². The maximum Gasteiger partial charge on any atom is 0.296 e. The number of morpholine rings is 1. The van der Waals surface area contributed by atoms with E-state index in [1.54, 1.807) is 51.1 Å². The molecule has 3 aromatic rings. The molecule has 2 N–H and O–H groups in total. The number of nitrogens with zero attached hydrogens (tertiary/aromatic N) is 6. The number of ether oxygens (including phenoxy) is 1. The Labute approximate surface area is 245 Å². The van der Waals surface area contributed by atoms with Crippen molar-refractivity contribution in [3.63, 3.8) is 0 Å². The van der Waals surface area contributed by atoms with Crippen LogP contribution in [-0.4, -0.2) is 93.3 Å². The number of hydrogen-bond donors (Lipinski definition) is 2. The monoisotopic (exact) mass is 589 g/mol. The maximum atomic E-state index is 14.1. The smallest absolute Gasteiger partial charge is 0.296 e. The molecule has 1 aliphatic carbocycles. The third kappa shape index (κ3) is 7.51. The Kier molecular flexibility index (Phi) is 9.54. The lowest BCUT2D eigenvalue weighted by molar-refractivity contribution is 0.00297. The van der Waals surface area contributed by atoms with Gasteiger partial charge in [0.2, 0.25) is 5.95 Å². The van der Waals surface area contributed by atoms with Gasteiger partial charge in [0.1, 0.15) is 17.8 Å². The van der Waals surface area contributed by atoms with Crippen molar-refractivity contribution < 1.29 is 23.0 Å². The van der Waals surface area contributed by atoms with Crippen molar-refractivity contribution in [2.24, 2.45) is 5.92 Å². The summed E-state index contributed by atoms with van der Waals surface area (Å²) in [6.07, 6.45) is -0.0319. The summed E-state index contributed by atoms with van der Waals surface area (Å²) in [6.45, 7) is 8.87. The SMILES string of the molecule is CC(F)CN(CC(C)(C)O)[C@H]1CC[C@H](CNc2nc(N3CCOCC3)cc(-n3c(C(F)F)nc4ccccc43)n2)CC1. The highest BCUT2D eigenvalue weighted by Crippen LogP contribution is 2.31. The van der Waals surface area contributed by atoms with Gasteiger partial charge in [0.05, 0.1) is 29.8 Å². The van der Waals surface area contributed by atoms with E-state index >= 15 is 0 Å². The predicted molar refractivity (Wildman–Crippen MR) is 157 cm³/mol. The zero-order valence-electron chi connectivity index (χ0n) is 24.6. The van der Waals surface area contributed by atoms with Crippen molar-refractivity contribution in [3.8, 4) is 5.82 Å². The van der Waals surface area contributed by atoms with Crippen LogP contribution in [-0.2, 0) is 4.74 Å². The molecule has 1 aliphatic heterocycles. The van der Waals surface area contributed by atoms with E-state index in [0.29, 0.717) is 80.5 Å². The fourth-order valence-corrected chi connectivity index (χ4v) is 6.11. The molecule has 1 saturated heterocycles. The predicted octanol–water partition coefficient (Wildman–Crippen LogP) is 4.99. The molecule has 1 aromatic carbocycles. The molecule has 2 aromatic heterocycles. The molecular formula is C30H42F3N7O2. The van der Waals surface area contributed by atoms with Gasteiger partial charge >= 0.3 is 0 Å². The zero-order valence-corrected chi connectivity index (χ0v) is 24.6. The molecule has 9 nitrogen and oxygen atoms in total. The highest BCUT2D eigenvalue weighted by molar-refractivity contribution is 5.78. The summed E-state index contributed by atoms with van der Waals surface area (Å²) < 4.78 is 49.1. The molecule has 0 radical (unpaired) electrons. The molecule has 1 saturated carbocycles. The number of halogens is 3. The van der Waals surface area contributed by atoms with E-state index in [9.17, 15) is 18.3 Å². The minimum Gasteiger partial charge on any atom is -0.389 e. The summed E-state index contributed by atoms with van der Waals surface area (Å²) in [5.74, 6) is 1.37. The average Bonchev–Trinajstić information content (AvgIpc) is 3.36. The van der Waals surface area contributed by atoms with Crippen molar-refractivity contribution in [2.75, 3.05) is 56.2 Å². The quantitative estimate of drug-likeness (QED) is 0.323. The average molecular weight is 590 g/mol. The van der Waals surface area contributed by atoms with Crippen LogP contribution >= 0.6 is 0 Å². The number of aromatic nitrogens is 4. The standard InChI is InChI=1S/C30H42F3N7O2/c1-20(31)18-39(19-30(2,3)41)22-10-8-21(9-11-22)17-34-29-36-25(38-12-14-42-15-13-38)16-26(37-29)40-24-7-5-4-6-23(24)35-28(40)27(32)33/h4-7,16,20-22,27,41H,8-15,17-19H2,1-3H3,(H,34,36,37)/t20?,21-,22-. The Balaban J connectivity index is 1.34. The molecule has 5 rings (SSSR count). The third-order valence-electron chi connectivity index (χ3n) is 8.00. The van der Waals surface area contributed by atoms with E-state index in [-0.39, 0.29) is 11.9 Å². The molecule has 1 atom stereocenters. The summed E-state index contributed by atoms with van der Waals surface area (Å²) >= 11 is 0. The first-order chi connectivity index (χ1) is 20.1. The number of alkyl halides is 3. The molecule has 1 unspecified atom stereocenters. The molecule has 3 heterocycles. The lowest BCUT2D eigenvalue weighted by Gasteiger charge is -2.39. The van der Waals surface area contributed by atoms with Crippen LogP contribution in [0.3, 0.4) is 0 Å². The summed E-state index contributed by atoms with van der Waals surface area (Å²) in [4.78, 5) is 17.8. The van der Waals surface area contributed by atoms with Gasteiger partial charge in [0, 0.05) is 44.8 Å². The normalized spacial score (nSPS) is 20.9. The summed E-state index contributed by atoms with van der Waals surface area (Å²) in [5, 5.41) is 13.8. The van der Waals surface area contributed by atoms with Crippen molar-refractivity contribution in [1.82, 2.24) is 24.4 Å². The zero-order chi connectivity index (χ0) is 29.9. The first-order valence-corrected chi connectivity index (χ1v) is 14.9. The van der Waals surface area contributed by atoms with Gasteiger partial charge in [0.25, 0.3) is 6.43 Å². The number of hydrogen-bond acceptors (Lipinski definition) is 8. The van der Waals surface area contributed by atoms with Crippen molar-refractivity contribution >= 4 is 22.8 Å².